The molecule has 5 N–H and O–H groups in total. The minimum absolute atomic E-state index is 0.0581. The molecule has 2 heterocycles. The van der Waals surface area contributed by atoms with Crippen molar-refractivity contribution in [2.75, 3.05) is 36.1 Å². The topological polar surface area (TPSA) is 105 Å². The van der Waals surface area contributed by atoms with Gasteiger partial charge in [0.15, 0.2) is 5.82 Å². The number of H-pyrrole nitrogens is 1. The van der Waals surface area contributed by atoms with Crippen molar-refractivity contribution in [3.63, 3.8) is 0 Å². The van der Waals surface area contributed by atoms with Crippen LogP contribution in [0.25, 0.3) is 0 Å². The van der Waals surface area contributed by atoms with E-state index in [2.05, 4.69) is 34.4 Å². The Bertz CT molecular complexity index is 471. The summed E-state index contributed by atoms with van der Waals surface area (Å²) in [4.78, 5) is 18.2. The van der Waals surface area contributed by atoms with Gasteiger partial charge in [0.25, 0.3) is 5.56 Å². The third-order valence-corrected chi connectivity index (χ3v) is 2.57. The van der Waals surface area contributed by atoms with Crippen LogP contribution in [0, 0.1) is 5.92 Å². The normalized spacial score (nSPS) is 18.1. The fourth-order valence-electron chi connectivity index (χ4n) is 1.77. The van der Waals surface area contributed by atoms with Gasteiger partial charge in [-0.1, -0.05) is 13.8 Å². The summed E-state index contributed by atoms with van der Waals surface area (Å²) >= 11 is 0. The summed E-state index contributed by atoms with van der Waals surface area (Å²) in [6.45, 7) is 6.11. The summed E-state index contributed by atoms with van der Waals surface area (Å²) in [5.74, 6) is 1.11. The molecule has 18 heavy (non-hydrogen) atoms. The number of rotatable bonds is 4. The molecule has 0 bridgehead atoms. The second-order valence-corrected chi connectivity index (χ2v) is 4.83. The van der Waals surface area contributed by atoms with Crippen LogP contribution in [0.4, 0.5) is 17.5 Å². The lowest BCUT2D eigenvalue weighted by Crippen LogP contribution is -2.40. The Balaban J connectivity index is 1.99. The maximum absolute atomic E-state index is 11.7. The van der Waals surface area contributed by atoms with Crippen molar-refractivity contribution in [2.24, 2.45) is 5.92 Å². The molecular weight excluding hydrogens is 234 g/mol. The summed E-state index contributed by atoms with van der Waals surface area (Å²) in [6.07, 6.45) is 0. The van der Waals surface area contributed by atoms with Crippen LogP contribution in [-0.4, -0.2) is 35.8 Å². The molecule has 7 nitrogen and oxygen atoms in total. The van der Waals surface area contributed by atoms with Gasteiger partial charge in [-0.2, -0.15) is 4.98 Å². The van der Waals surface area contributed by atoms with Gasteiger partial charge in [0, 0.05) is 13.2 Å². The number of nitrogen functional groups attached to an aromatic ring is 1. The number of nitrogens with two attached hydrogens (primary N) is 1. The lowest BCUT2D eigenvalue weighted by Gasteiger charge is -2.26. The summed E-state index contributed by atoms with van der Waals surface area (Å²) in [6, 6.07) is 0.0581. The number of hydrogen-bond donors (Lipinski definition) is 4. The molecule has 7 heteroatoms. The molecule has 0 spiro atoms. The Labute approximate surface area is 105 Å². The van der Waals surface area contributed by atoms with Gasteiger partial charge in [0.2, 0.25) is 5.95 Å². The van der Waals surface area contributed by atoms with E-state index < -0.39 is 0 Å². The molecule has 1 unspecified atom stereocenters. The minimum Gasteiger partial charge on any atom is -0.379 e. The number of nitrogens with zero attached hydrogens (tertiary/aromatic N) is 1. The molecule has 1 aromatic heterocycles. The fourth-order valence-corrected chi connectivity index (χ4v) is 1.77. The zero-order chi connectivity index (χ0) is 13.1. The molecule has 0 radical (unpaired) electrons. The summed E-state index contributed by atoms with van der Waals surface area (Å²) < 4.78 is 5.55. The molecule has 0 saturated carbocycles. The number of fused-ring (bicyclic) bond motifs is 1. The largest absolute Gasteiger partial charge is 0.379 e. The zero-order valence-corrected chi connectivity index (χ0v) is 10.6. The van der Waals surface area contributed by atoms with Crippen LogP contribution in [0.5, 0.6) is 0 Å². The quantitative estimate of drug-likeness (QED) is 0.612. The third-order valence-electron chi connectivity index (χ3n) is 2.57. The van der Waals surface area contributed by atoms with Crippen LogP contribution in [0.1, 0.15) is 13.8 Å². The maximum Gasteiger partial charge on any atom is 0.277 e. The van der Waals surface area contributed by atoms with Crippen LogP contribution >= 0.6 is 0 Å². The first-order valence-corrected chi connectivity index (χ1v) is 6.04. The Morgan fingerprint density at radius 1 is 1.56 bits per heavy atom. The first-order valence-electron chi connectivity index (χ1n) is 6.04. The van der Waals surface area contributed by atoms with Crippen molar-refractivity contribution in [3.8, 4) is 0 Å². The van der Waals surface area contributed by atoms with Crippen LogP contribution < -0.4 is 21.9 Å². The number of nitrogens with one attached hydrogen (secondary N) is 3. The van der Waals surface area contributed by atoms with Gasteiger partial charge in [0.1, 0.15) is 5.69 Å². The predicted octanol–water partition coefficient (Wildman–Crippen LogP) is 0.231. The van der Waals surface area contributed by atoms with E-state index in [9.17, 15) is 4.79 Å². The predicted molar refractivity (Wildman–Crippen MR) is 70.8 cm³/mol. The highest BCUT2D eigenvalue weighted by atomic mass is 16.5. The van der Waals surface area contributed by atoms with Gasteiger partial charge >= 0.3 is 0 Å². The first kappa shape index (κ1) is 12.7. The van der Waals surface area contributed by atoms with Crippen LogP contribution in [0.2, 0.25) is 0 Å². The van der Waals surface area contributed by atoms with Crippen LogP contribution in [0.3, 0.4) is 0 Å². The zero-order valence-electron chi connectivity index (χ0n) is 10.6. The average Bonchev–Trinajstić information content (AvgIpc) is 2.29. The molecule has 0 aliphatic carbocycles. The van der Waals surface area contributed by atoms with Crippen molar-refractivity contribution in [1.29, 1.82) is 0 Å². The lowest BCUT2D eigenvalue weighted by molar-refractivity contribution is 0.103. The number of aromatic amines is 1. The number of aromatic nitrogens is 2. The highest BCUT2D eigenvalue weighted by molar-refractivity contribution is 5.67. The molecule has 0 saturated heterocycles. The molecule has 0 fully saturated rings. The number of hydrogen-bond acceptors (Lipinski definition) is 6. The smallest absolute Gasteiger partial charge is 0.277 e. The number of ether oxygens (including phenoxy) is 1. The van der Waals surface area contributed by atoms with Crippen molar-refractivity contribution in [1.82, 2.24) is 9.97 Å². The molecular formula is C11H19N5O2. The van der Waals surface area contributed by atoms with Crippen LogP contribution in [0.15, 0.2) is 4.79 Å². The number of anilines is 3. The van der Waals surface area contributed by atoms with E-state index in [0.29, 0.717) is 37.2 Å². The van der Waals surface area contributed by atoms with Crippen molar-refractivity contribution in [3.05, 3.63) is 10.4 Å². The van der Waals surface area contributed by atoms with E-state index in [-0.39, 0.29) is 17.5 Å². The van der Waals surface area contributed by atoms with Gasteiger partial charge in [-0.3, -0.25) is 9.78 Å². The van der Waals surface area contributed by atoms with Gasteiger partial charge in [-0.25, -0.2) is 0 Å². The van der Waals surface area contributed by atoms with Crippen molar-refractivity contribution in [2.45, 2.75) is 19.9 Å². The molecule has 1 aliphatic heterocycles. The molecule has 1 atom stereocenters. The van der Waals surface area contributed by atoms with Crippen LogP contribution in [-0.2, 0) is 4.74 Å². The molecule has 2 rings (SSSR count). The Kier molecular flexibility index (Phi) is 3.71. The lowest BCUT2D eigenvalue weighted by atomic mass is 10.2. The van der Waals surface area contributed by atoms with Crippen molar-refractivity contribution >= 4 is 17.5 Å². The maximum atomic E-state index is 11.7. The first-order chi connectivity index (χ1) is 8.56. The second kappa shape index (κ2) is 5.26. The average molecular weight is 253 g/mol. The summed E-state index contributed by atoms with van der Waals surface area (Å²) in [7, 11) is 0. The minimum atomic E-state index is -0.265. The van der Waals surface area contributed by atoms with Gasteiger partial charge in [0.05, 0.1) is 12.6 Å². The van der Waals surface area contributed by atoms with E-state index >= 15 is 0 Å². The monoisotopic (exact) mass is 253 g/mol. The van der Waals surface area contributed by atoms with Gasteiger partial charge < -0.3 is 21.1 Å². The van der Waals surface area contributed by atoms with Gasteiger partial charge in [-0.15, -0.1) is 0 Å². The van der Waals surface area contributed by atoms with Gasteiger partial charge in [-0.05, 0) is 5.92 Å². The van der Waals surface area contributed by atoms with E-state index in [1.807, 2.05) is 0 Å². The third kappa shape index (κ3) is 2.92. The van der Waals surface area contributed by atoms with E-state index in [4.69, 9.17) is 10.5 Å². The molecule has 0 aromatic carbocycles. The van der Waals surface area contributed by atoms with E-state index in [1.54, 1.807) is 0 Å². The fraction of sp³-hybridized carbons (Fsp3) is 0.636. The van der Waals surface area contributed by atoms with Crippen molar-refractivity contribution < 1.29 is 4.74 Å². The Morgan fingerprint density at radius 2 is 2.33 bits per heavy atom. The highest BCUT2D eigenvalue weighted by Crippen LogP contribution is 2.19. The van der Waals surface area contributed by atoms with E-state index in [0.717, 1.165) is 0 Å². The highest BCUT2D eigenvalue weighted by Gasteiger charge is 2.21. The Morgan fingerprint density at radius 3 is 3.06 bits per heavy atom. The Hall–Kier alpha value is -1.76. The molecule has 1 aromatic rings. The SMILES string of the molecule is CC(C)COCC1CNc2nc(N)[nH]c(=O)c2N1. The standard InChI is InChI=1S/C11H19N5O2/c1-6(2)4-18-5-7-3-13-9-8(14-7)10(17)16-11(12)15-9/h6-7,14H,3-5H2,1-2H3,(H4,12,13,15,16,17). The van der Waals surface area contributed by atoms with E-state index in [1.165, 1.54) is 0 Å². The summed E-state index contributed by atoms with van der Waals surface area (Å²) in [5, 5.41) is 6.20. The molecule has 100 valence electrons. The molecule has 0 amide bonds. The molecule has 1 aliphatic rings. The second-order valence-electron chi connectivity index (χ2n) is 4.83. The summed E-state index contributed by atoms with van der Waals surface area (Å²) in [5.41, 5.74) is 5.63.